The monoisotopic (exact) mass is 646 g/mol. The molecule has 3 unspecified atom stereocenters. The molecule has 46 heavy (non-hydrogen) atoms. The lowest BCUT2D eigenvalue weighted by Crippen LogP contribution is -2.46. The Morgan fingerprint density at radius 3 is 2.50 bits per heavy atom. The first kappa shape index (κ1) is 31.6. The van der Waals surface area contributed by atoms with Crippen LogP contribution in [0.4, 0.5) is 5.69 Å². The minimum Gasteiger partial charge on any atom is -0.352 e. The molecule has 4 N–H and O–H groups in total. The second-order valence-electron chi connectivity index (χ2n) is 12.6. The average molecular weight is 647 g/mol. The Bertz CT molecular complexity index is 1680. The van der Waals surface area contributed by atoms with Gasteiger partial charge in [-0.15, -0.1) is 11.3 Å². The maximum atomic E-state index is 13.5. The van der Waals surface area contributed by atoms with Crippen LogP contribution < -0.4 is 26.8 Å². The zero-order valence-electron chi connectivity index (χ0n) is 25.5. The van der Waals surface area contributed by atoms with Crippen LogP contribution in [0.2, 0.25) is 0 Å². The Morgan fingerprint density at radius 1 is 0.957 bits per heavy atom. The van der Waals surface area contributed by atoms with E-state index in [-0.39, 0.29) is 48.1 Å². The van der Waals surface area contributed by atoms with Crippen molar-refractivity contribution < 1.29 is 24.0 Å². The van der Waals surface area contributed by atoms with Gasteiger partial charge in [0.2, 0.25) is 17.6 Å². The normalized spacial score (nSPS) is 21.2. The summed E-state index contributed by atoms with van der Waals surface area (Å²) >= 11 is 1.16. The molecule has 4 amide bonds. The van der Waals surface area contributed by atoms with E-state index in [0.717, 1.165) is 61.0 Å². The summed E-state index contributed by atoms with van der Waals surface area (Å²) in [5.74, 6) is -1.87. The maximum Gasteiger partial charge on any atom is 0.287 e. The van der Waals surface area contributed by atoms with Crippen LogP contribution in [0, 0.1) is 11.8 Å². The van der Waals surface area contributed by atoms with E-state index >= 15 is 0 Å². The number of nitrogens with one attached hydrogen (secondary N) is 4. The fourth-order valence-electron chi connectivity index (χ4n) is 6.99. The molecule has 3 saturated carbocycles. The highest BCUT2D eigenvalue weighted by atomic mass is 32.1. The maximum absolute atomic E-state index is 13.5. The first-order valence-corrected chi connectivity index (χ1v) is 16.8. The number of para-hydroxylation sites is 1. The van der Waals surface area contributed by atoms with E-state index in [1.54, 1.807) is 18.2 Å². The van der Waals surface area contributed by atoms with Gasteiger partial charge in [0.1, 0.15) is 18.3 Å². The Labute approximate surface area is 269 Å². The SMILES string of the molecule is O=C(Cn1cccc(NC(=O)[C@H](CCC(=O)C(=O)NC2CCCC2)NC(=O)c2nc3ccccc3s2)c1=O)NC1CC2CCC1C2. The highest BCUT2D eigenvalue weighted by Crippen LogP contribution is 2.44. The Morgan fingerprint density at radius 2 is 1.76 bits per heavy atom. The largest absolute Gasteiger partial charge is 0.352 e. The first-order valence-electron chi connectivity index (χ1n) is 16.0. The van der Waals surface area contributed by atoms with Crippen LogP contribution in [-0.4, -0.2) is 57.1 Å². The molecule has 3 aliphatic carbocycles. The van der Waals surface area contributed by atoms with Crippen molar-refractivity contribution in [3.63, 3.8) is 0 Å². The van der Waals surface area contributed by atoms with E-state index < -0.39 is 35.1 Å². The molecule has 3 aliphatic rings. The van der Waals surface area contributed by atoms with Gasteiger partial charge in [-0.2, -0.15) is 0 Å². The number of pyridine rings is 1. The summed E-state index contributed by atoms with van der Waals surface area (Å²) < 4.78 is 2.02. The van der Waals surface area contributed by atoms with Crippen molar-refractivity contribution in [3.8, 4) is 0 Å². The third-order valence-corrected chi connectivity index (χ3v) is 10.4. The molecule has 3 fully saturated rings. The molecule has 2 aromatic heterocycles. The number of benzene rings is 1. The molecule has 2 bridgehead atoms. The molecule has 0 spiro atoms. The molecule has 0 aliphatic heterocycles. The fourth-order valence-corrected chi connectivity index (χ4v) is 7.86. The first-order chi connectivity index (χ1) is 22.2. The number of aromatic nitrogens is 2. The number of hydrogen-bond acceptors (Lipinski definition) is 8. The number of hydrogen-bond donors (Lipinski definition) is 4. The lowest BCUT2D eigenvalue weighted by Gasteiger charge is -2.23. The van der Waals surface area contributed by atoms with E-state index in [4.69, 9.17) is 0 Å². The van der Waals surface area contributed by atoms with Crippen molar-refractivity contribution in [3.05, 3.63) is 58.0 Å². The second-order valence-corrected chi connectivity index (χ2v) is 13.7. The number of anilines is 1. The summed E-state index contributed by atoms with van der Waals surface area (Å²) in [5.41, 5.74) is -0.0290. The molecule has 1 aromatic carbocycles. The molecular formula is C33H38N6O6S. The van der Waals surface area contributed by atoms with Gasteiger partial charge < -0.3 is 25.8 Å². The summed E-state index contributed by atoms with van der Waals surface area (Å²) in [5, 5.41) is 11.2. The zero-order chi connectivity index (χ0) is 32.2. The minimum atomic E-state index is -1.25. The number of Topliss-reactive ketones (excluding diaryl/α,β-unsaturated/α-hetero) is 1. The second kappa shape index (κ2) is 13.9. The zero-order valence-corrected chi connectivity index (χ0v) is 26.3. The van der Waals surface area contributed by atoms with Crippen LogP contribution in [0.25, 0.3) is 10.2 Å². The number of carbonyl (C=O) groups excluding carboxylic acids is 5. The molecule has 12 nitrogen and oxygen atoms in total. The van der Waals surface area contributed by atoms with Gasteiger partial charge in [-0.25, -0.2) is 4.98 Å². The van der Waals surface area contributed by atoms with Gasteiger partial charge in [0, 0.05) is 24.7 Å². The van der Waals surface area contributed by atoms with Crippen molar-refractivity contribution >= 4 is 56.7 Å². The molecule has 0 radical (unpaired) electrons. The van der Waals surface area contributed by atoms with Crippen LogP contribution in [-0.2, 0) is 25.7 Å². The highest BCUT2D eigenvalue weighted by Gasteiger charge is 2.40. The van der Waals surface area contributed by atoms with Crippen LogP contribution >= 0.6 is 11.3 Å². The summed E-state index contributed by atoms with van der Waals surface area (Å²) in [7, 11) is 0. The number of ketones is 1. The van der Waals surface area contributed by atoms with Gasteiger partial charge in [-0.3, -0.25) is 28.8 Å². The molecule has 6 rings (SSSR count). The third-order valence-electron chi connectivity index (χ3n) is 9.39. The molecule has 13 heteroatoms. The summed E-state index contributed by atoms with van der Waals surface area (Å²) in [6.07, 6.45) is 9.07. The number of thiazole rings is 1. The average Bonchev–Trinajstić information content (AvgIpc) is 3.86. The van der Waals surface area contributed by atoms with Gasteiger partial charge >= 0.3 is 0 Å². The predicted octanol–water partition coefficient (Wildman–Crippen LogP) is 2.91. The number of rotatable bonds is 12. The van der Waals surface area contributed by atoms with Gasteiger partial charge in [0.25, 0.3) is 17.4 Å². The van der Waals surface area contributed by atoms with Crippen LogP contribution in [0.3, 0.4) is 0 Å². The van der Waals surface area contributed by atoms with Crippen LogP contribution in [0.1, 0.15) is 74.0 Å². The summed E-state index contributed by atoms with van der Waals surface area (Å²) in [6.45, 7) is -0.196. The van der Waals surface area contributed by atoms with E-state index in [1.807, 2.05) is 12.1 Å². The van der Waals surface area contributed by atoms with Crippen LogP contribution in [0.5, 0.6) is 0 Å². The van der Waals surface area contributed by atoms with Gasteiger partial charge in [0.05, 0.1) is 10.2 Å². The van der Waals surface area contributed by atoms with E-state index in [2.05, 4.69) is 26.3 Å². The van der Waals surface area contributed by atoms with Crippen molar-refractivity contribution in [1.29, 1.82) is 0 Å². The molecular weight excluding hydrogens is 608 g/mol. The number of fused-ring (bicyclic) bond motifs is 3. The number of amides is 4. The topological polar surface area (TPSA) is 168 Å². The summed E-state index contributed by atoms with van der Waals surface area (Å²) in [4.78, 5) is 82.3. The van der Waals surface area contributed by atoms with Crippen molar-refractivity contribution in [2.45, 2.75) is 88.9 Å². The molecule has 2 heterocycles. The smallest absolute Gasteiger partial charge is 0.287 e. The van der Waals surface area contributed by atoms with Crippen molar-refractivity contribution in [2.75, 3.05) is 5.32 Å². The lowest BCUT2D eigenvalue weighted by atomic mass is 9.95. The Kier molecular flexibility index (Phi) is 9.57. The van der Waals surface area contributed by atoms with Gasteiger partial charge in [-0.05, 0) is 74.6 Å². The minimum absolute atomic E-state index is 0.0371. The molecule has 242 valence electrons. The van der Waals surface area contributed by atoms with Crippen molar-refractivity contribution in [1.82, 2.24) is 25.5 Å². The molecule has 3 aromatic rings. The number of carbonyl (C=O) groups is 5. The predicted molar refractivity (Wildman–Crippen MR) is 172 cm³/mol. The number of nitrogens with zero attached hydrogens (tertiary/aromatic N) is 2. The standard InChI is InChI=1S/C33H38N6O6S/c40-26(30(43)34-21-6-1-2-7-21)14-13-23(36-31(44)32-38-22-8-3-4-10-27(22)46-32)29(42)37-24-9-5-15-39(33(24)45)18-28(41)35-25-17-19-11-12-20(25)16-19/h3-5,8-10,15,19-21,23,25H,1-2,6-7,11-14,16-18H2,(H,34,43)(H,35,41)(H,36,44)(H,37,42)/t19?,20?,23-,25?/m0/s1. The van der Waals surface area contributed by atoms with Crippen molar-refractivity contribution in [2.24, 2.45) is 11.8 Å². The van der Waals surface area contributed by atoms with E-state index in [1.165, 1.54) is 23.3 Å². The van der Waals surface area contributed by atoms with E-state index in [0.29, 0.717) is 17.4 Å². The van der Waals surface area contributed by atoms with E-state index in [9.17, 15) is 28.8 Å². The van der Waals surface area contributed by atoms with Crippen LogP contribution in [0.15, 0.2) is 47.4 Å². The Hall–Kier alpha value is -4.39. The summed E-state index contributed by atoms with van der Waals surface area (Å²) in [6, 6.07) is 9.03. The molecule has 0 saturated heterocycles. The van der Waals surface area contributed by atoms with Gasteiger partial charge in [0.15, 0.2) is 5.01 Å². The fraction of sp³-hybridized carbons (Fsp3) is 0.485. The Balaban J connectivity index is 1.13. The molecule has 4 atom stereocenters. The highest BCUT2D eigenvalue weighted by molar-refractivity contribution is 7.20. The third kappa shape index (κ3) is 7.35. The lowest BCUT2D eigenvalue weighted by molar-refractivity contribution is -0.138. The quantitative estimate of drug-likeness (QED) is 0.220. The van der Waals surface area contributed by atoms with Gasteiger partial charge in [-0.1, -0.05) is 31.4 Å².